The zero-order valence-electron chi connectivity index (χ0n) is 12.3. The minimum atomic E-state index is 0.135. The van der Waals surface area contributed by atoms with Gasteiger partial charge in [-0.25, -0.2) is 0 Å². The average molecular weight is 278 g/mol. The molecule has 2 aromatic rings. The average Bonchev–Trinajstić information content (AvgIpc) is 2.45. The zero-order chi connectivity index (χ0) is 15.0. The van der Waals surface area contributed by atoms with Gasteiger partial charge in [0.1, 0.15) is 5.75 Å². The van der Waals surface area contributed by atoms with E-state index in [0.717, 1.165) is 35.1 Å². The van der Waals surface area contributed by atoms with Crippen LogP contribution in [0.15, 0.2) is 42.0 Å². The largest absolute Gasteiger partial charge is 0.508 e. The summed E-state index contributed by atoms with van der Waals surface area (Å²) in [6.07, 6.45) is 3.62. The first-order chi connectivity index (χ1) is 10.0. The highest BCUT2D eigenvalue weighted by atomic mass is 16.3. The predicted octanol–water partition coefficient (Wildman–Crippen LogP) is 4.22. The summed E-state index contributed by atoms with van der Waals surface area (Å²) >= 11 is 0. The fraction of sp³-hybridized carbons (Fsp3) is 0.211. The molecule has 0 fully saturated rings. The van der Waals surface area contributed by atoms with Gasteiger partial charge < -0.3 is 5.11 Å². The molecule has 0 aromatic heterocycles. The summed E-state index contributed by atoms with van der Waals surface area (Å²) in [4.78, 5) is 12.7. The van der Waals surface area contributed by atoms with Crippen LogP contribution in [0.3, 0.4) is 0 Å². The van der Waals surface area contributed by atoms with E-state index in [1.54, 1.807) is 12.1 Å². The maximum absolute atomic E-state index is 12.7. The van der Waals surface area contributed by atoms with Crippen molar-refractivity contribution in [2.45, 2.75) is 26.7 Å². The van der Waals surface area contributed by atoms with Gasteiger partial charge in [0, 0.05) is 11.1 Å². The molecule has 2 aromatic carbocycles. The third-order valence-electron chi connectivity index (χ3n) is 4.03. The van der Waals surface area contributed by atoms with Crippen molar-refractivity contribution in [1.29, 1.82) is 0 Å². The number of benzene rings is 2. The van der Waals surface area contributed by atoms with Crippen molar-refractivity contribution < 1.29 is 9.90 Å². The Bertz CT molecular complexity index is 737. The quantitative estimate of drug-likeness (QED) is 0.793. The Morgan fingerprint density at radius 1 is 1.05 bits per heavy atom. The molecule has 0 heterocycles. The fourth-order valence-corrected chi connectivity index (χ4v) is 2.99. The van der Waals surface area contributed by atoms with Crippen LogP contribution in [-0.4, -0.2) is 10.9 Å². The first-order valence-corrected chi connectivity index (χ1v) is 7.19. The van der Waals surface area contributed by atoms with Crippen LogP contribution in [0.4, 0.5) is 0 Å². The van der Waals surface area contributed by atoms with Gasteiger partial charge in [0.15, 0.2) is 5.78 Å². The van der Waals surface area contributed by atoms with Gasteiger partial charge in [-0.1, -0.05) is 23.8 Å². The molecule has 1 N–H and O–H groups in total. The van der Waals surface area contributed by atoms with Crippen LogP contribution < -0.4 is 0 Å². The Morgan fingerprint density at radius 2 is 1.76 bits per heavy atom. The Labute approximate surface area is 124 Å². The summed E-state index contributed by atoms with van der Waals surface area (Å²) < 4.78 is 0. The van der Waals surface area contributed by atoms with Crippen molar-refractivity contribution in [2.24, 2.45) is 0 Å². The van der Waals surface area contributed by atoms with Crippen molar-refractivity contribution in [3.63, 3.8) is 0 Å². The number of hydrogen-bond donors (Lipinski definition) is 1. The molecule has 2 nitrogen and oxygen atoms in total. The number of carbonyl (C=O) groups excluding carboxylic acids is 1. The molecule has 0 amide bonds. The van der Waals surface area contributed by atoms with Crippen molar-refractivity contribution in [2.75, 3.05) is 0 Å². The third-order valence-corrected chi connectivity index (χ3v) is 4.03. The first-order valence-electron chi connectivity index (χ1n) is 7.19. The van der Waals surface area contributed by atoms with Crippen LogP contribution in [0.1, 0.15) is 39.0 Å². The summed E-state index contributed by atoms with van der Waals surface area (Å²) in [6.45, 7) is 4.10. The second-order valence-electron chi connectivity index (χ2n) is 5.70. The van der Waals surface area contributed by atoms with E-state index in [-0.39, 0.29) is 11.5 Å². The summed E-state index contributed by atoms with van der Waals surface area (Å²) in [7, 11) is 0. The molecular formula is C19H18O2. The van der Waals surface area contributed by atoms with Gasteiger partial charge in [0.25, 0.3) is 0 Å². The molecule has 0 atom stereocenters. The SMILES string of the molecule is Cc1cc(C)c2c(c1)C(=O)/C(=C\c1ccc(O)cc1)CC2. The number of hydrogen-bond acceptors (Lipinski definition) is 2. The molecular weight excluding hydrogens is 260 g/mol. The second kappa shape index (κ2) is 5.21. The smallest absolute Gasteiger partial charge is 0.189 e. The summed E-state index contributed by atoms with van der Waals surface area (Å²) in [5.41, 5.74) is 6.17. The molecule has 0 bridgehead atoms. The normalized spacial score (nSPS) is 16.1. The number of Topliss-reactive ketones (excluding diaryl/α,β-unsaturated/α-hetero) is 1. The Morgan fingerprint density at radius 3 is 2.48 bits per heavy atom. The lowest BCUT2D eigenvalue weighted by Gasteiger charge is -2.20. The van der Waals surface area contributed by atoms with E-state index in [1.807, 2.05) is 31.2 Å². The highest BCUT2D eigenvalue weighted by molar-refractivity contribution is 6.13. The Hall–Kier alpha value is -2.35. The van der Waals surface area contributed by atoms with Gasteiger partial charge in [-0.3, -0.25) is 4.79 Å². The first kappa shape index (κ1) is 13.6. The molecule has 0 spiro atoms. The second-order valence-corrected chi connectivity index (χ2v) is 5.70. The van der Waals surface area contributed by atoms with E-state index >= 15 is 0 Å². The molecule has 21 heavy (non-hydrogen) atoms. The molecule has 3 rings (SSSR count). The number of ketones is 1. The molecule has 106 valence electrons. The number of aromatic hydroxyl groups is 1. The van der Waals surface area contributed by atoms with Crippen LogP contribution in [-0.2, 0) is 6.42 Å². The van der Waals surface area contributed by atoms with Gasteiger partial charge in [-0.2, -0.15) is 0 Å². The van der Waals surface area contributed by atoms with Crippen molar-refractivity contribution in [3.05, 3.63) is 69.8 Å². The van der Waals surface area contributed by atoms with E-state index in [2.05, 4.69) is 13.0 Å². The van der Waals surface area contributed by atoms with Crippen molar-refractivity contribution in [1.82, 2.24) is 0 Å². The van der Waals surface area contributed by atoms with E-state index < -0.39 is 0 Å². The number of phenolic OH excluding ortho intramolecular Hbond substituents is 1. The van der Waals surface area contributed by atoms with Crippen LogP contribution in [0.5, 0.6) is 5.75 Å². The number of fused-ring (bicyclic) bond motifs is 1. The maximum Gasteiger partial charge on any atom is 0.189 e. The molecule has 1 aliphatic carbocycles. The van der Waals surface area contributed by atoms with Gasteiger partial charge in [-0.05, 0) is 67.7 Å². The molecule has 0 radical (unpaired) electrons. The van der Waals surface area contributed by atoms with Crippen LogP contribution >= 0.6 is 0 Å². The van der Waals surface area contributed by atoms with Gasteiger partial charge in [-0.15, -0.1) is 0 Å². The number of phenols is 1. The van der Waals surface area contributed by atoms with E-state index in [9.17, 15) is 9.90 Å². The molecule has 0 saturated heterocycles. The van der Waals surface area contributed by atoms with E-state index in [1.165, 1.54) is 11.1 Å². The predicted molar refractivity (Wildman–Crippen MR) is 84.7 cm³/mol. The van der Waals surface area contributed by atoms with Gasteiger partial charge >= 0.3 is 0 Å². The molecule has 0 saturated carbocycles. The lowest BCUT2D eigenvalue weighted by atomic mass is 9.83. The topological polar surface area (TPSA) is 37.3 Å². The minimum Gasteiger partial charge on any atom is -0.508 e. The highest BCUT2D eigenvalue weighted by Crippen LogP contribution is 2.30. The lowest BCUT2D eigenvalue weighted by Crippen LogP contribution is -2.15. The molecule has 2 heteroatoms. The third kappa shape index (κ3) is 2.62. The van der Waals surface area contributed by atoms with Gasteiger partial charge in [0.2, 0.25) is 0 Å². The summed E-state index contributed by atoms with van der Waals surface area (Å²) in [6, 6.07) is 11.1. The van der Waals surface area contributed by atoms with E-state index in [4.69, 9.17) is 0 Å². The number of aryl methyl sites for hydroxylation is 2. The number of rotatable bonds is 1. The van der Waals surface area contributed by atoms with Crippen LogP contribution in [0.2, 0.25) is 0 Å². The van der Waals surface area contributed by atoms with Crippen LogP contribution in [0.25, 0.3) is 6.08 Å². The number of allylic oxidation sites excluding steroid dienone is 1. The van der Waals surface area contributed by atoms with E-state index in [0.29, 0.717) is 0 Å². The minimum absolute atomic E-state index is 0.135. The fourth-order valence-electron chi connectivity index (χ4n) is 2.99. The Kier molecular flexibility index (Phi) is 3.38. The molecule has 0 unspecified atom stereocenters. The van der Waals surface area contributed by atoms with Crippen molar-refractivity contribution >= 4 is 11.9 Å². The summed E-state index contributed by atoms with van der Waals surface area (Å²) in [5.74, 6) is 0.375. The van der Waals surface area contributed by atoms with Gasteiger partial charge in [0.05, 0.1) is 0 Å². The van der Waals surface area contributed by atoms with Crippen LogP contribution in [0, 0.1) is 13.8 Å². The molecule has 0 aliphatic heterocycles. The highest BCUT2D eigenvalue weighted by Gasteiger charge is 2.23. The standard InChI is InChI=1S/C19H18O2/c1-12-9-13(2)17-8-5-15(19(21)18(17)10-12)11-14-3-6-16(20)7-4-14/h3-4,6-7,9-11,20H,5,8H2,1-2H3/b15-11-. The lowest BCUT2D eigenvalue weighted by molar-refractivity contribution is 0.102. The van der Waals surface area contributed by atoms with Crippen molar-refractivity contribution in [3.8, 4) is 5.75 Å². The monoisotopic (exact) mass is 278 g/mol. The number of carbonyl (C=O) groups is 1. The summed E-state index contributed by atoms with van der Waals surface area (Å²) in [5, 5.41) is 9.32. The zero-order valence-corrected chi connectivity index (χ0v) is 12.3. The Balaban J connectivity index is 2.00. The molecule has 1 aliphatic rings. The maximum atomic E-state index is 12.7.